The Morgan fingerprint density at radius 2 is 1.79 bits per heavy atom. The Kier molecular flexibility index (Phi) is 7.20. The fourth-order valence-electron chi connectivity index (χ4n) is 1.68. The monoisotopic (exact) mass is 200 g/mol. The lowest BCUT2D eigenvalue weighted by atomic mass is 9.99. The van der Waals surface area contributed by atoms with Crippen LogP contribution in [0.3, 0.4) is 0 Å². The summed E-state index contributed by atoms with van der Waals surface area (Å²) in [6.07, 6.45) is 5.20. The van der Waals surface area contributed by atoms with Crippen LogP contribution in [-0.2, 0) is 0 Å². The van der Waals surface area contributed by atoms with Gasteiger partial charge in [-0.05, 0) is 32.7 Å². The van der Waals surface area contributed by atoms with Crippen molar-refractivity contribution in [3.63, 3.8) is 0 Å². The van der Waals surface area contributed by atoms with E-state index in [1.165, 1.54) is 25.7 Å². The minimum Gasteiger partial charge on any atom is -0.316 e. The van der Waals surface area contributed by atoms with Crippen molar-refractivity contribution in [2.75, 3.05) is 7.05 Å². The van der Waals surface area contributed by atoms with Gasteiger partial charge in [-0.25, -0.2) is 0 Å². The molecule has 0 bridgehead atoms. The van der Waals surface area contributed by atoms with Gasteiger partial charge in [0.15, 0.2) is 0 Å². The number of unbranched alkanes of at least 4 members (excludes halogenated alkanes) is 1. The standard InChI is InChI=1S/C12H28N2/c1-6-8-9-10(3)12(13)14(5)11(4)7-2/h10-12H,6-9,13H2,1-5H3. The summed E-state index contributed by atoms with van der Waals surface area (Å²) in [5, 5.41) is 0. The zero-order valence-corrected chi connectivity index (χ0v) is 10.6. The predicted molar refractivity (Wildman–Crippen MR) is 64.2 cm³/mol. The van der Waals surface area contributed by atoms with Crippen LogP contribution in [0.5, 0.6) is 0 Å². The molecule has 2 N–H and O–H groups in total. The first-order chi connectivity index (χ1) is 6.54. The van der Waals surface area contributed by atoms with Gasteiger partial charge in [0.25, 0.3) is 0 Å². The summed E-state index contributed by atoms with van der Waals surface area (Å²) in [5.41, 5.74) is 6.20. The van der Waals surface area contributed by atoms with E-state index < -0.39 is 0 Å². The van der Waals surface area contributed by atoms with Crippen LogP contribution < -0.4 is 5.73 Å². The molecular formula is C12H28N2. The van der Waals surface area contributed by atoms with Crippen LogP contribution in [0.15, 0.2) is 0 Å². The zero-order chi connectivity index (χ0) is 11.1. The molecule has 3 unspecified atom stereocenters. The van der Waals surface area contributed by atoms with Gasteiger partial charge in [0.05, 0.1) is 6.17 Å². The summed E-state index contributed by atoms with van der Waals surface area (Å²) < 4.78 is 0. The summed E-state index contributed by atoms with van der Waals surface area (Å²) in [6, 6.07) is 0.592. The van der Waals surface area contributed by atoms with Crippen molar-refractivity contribution < 1.29 is 0 Å². The minimum atomic E-state index is 0.219. The van der Waals surface area contributed by atoms with E-state index in [4.69, 9.17) is 5.73 Å². The second-order valence-corrected chi connectivity index (χ2v) is 4.53. The maximum atomic E-state index is 6.20. The molecule has 2 nitrogen and oxygen atoms in total. The van der Waals surface area contributed by atoms with Crippen molar-refractivity contribution in [2.45, 2.75) is 65.6 Å². The van der Waals surface area contributed by atoms with Gasteiger partial charge in [-0.3, -0.25) is 4.90 Å². The molecule has 0 heterocycles. The van der Waals surface area contributed by atoms with E-state index in [9.17, 15) is 0 Å². The van der Waals surface area contributed by atoms with E-state index in [0.29, 0.717) is 12.0 Å². The normalized spacial score (nSPS) is 18.2. The van der Waals surface area contributed by atoms with Crippen LogP contribution >= 0.6 is 0 Å². The predicted octanol–water partition coefficient (Wildman–Crippen LogP) is 2.83. The molecule has 0 saturated heterocycles. The van der Waals surface area contributed by atoms with Gasteiger partial charge in [-0.2, -0.15) is 0 Å². The summed E-state index contributed by atoms with van der Waals surface area (Å²) in [4.78, 5) is 2.31. The van der Waals surface area contributed by atoms with E-state index in [-0.39, 0.29) is 6.17 Å². The Bertz CT molecular complexity index is 136. The Morgan fingerprint density at radius 1 is 1.21 bits per heavy atom. The van der Waals surface area contributed by atoms with Crippen LogP contribution in [0.4, 0.5) is 0 Å². The summed E-state index contributed by atoms with van der Waals surface area (Å²) >= 11 is 0. The third kappa shape index (κ3) is 4.43. The average Bonchev–Trinajstić information content (AvgIpc) is 2.22. The molecule has 0 aliphatic heterocycles. The molecule has 3 atom stereocenters. The number of nitrogens with zero attached hydrogens (tertiary/aromatic N) is 1. The highest BCUT2D eigenvalue weighted by molar-refractivity contribution is 4.72. The molecule has 0 fully saturated rings. The van der Waals surface area contributed by atoms with Crippen molar-refractivity contribution >= 4 is 0 Å². The highest BCUT2D eigenvalue weighted by Crippen LogP contribution is 2.15. The van der Waals surface area contributed by atoms with Crippen LogP contribution in [0.25, 0.3) is 0 Å². The first-order valence-electron chi connectivity index (χ1n) is 6.02. The smallest absolute Gasteiger partial charge is 0.0597 e. The molecule has 0 aliphatic carbocycles. The topological polar surface area (TPSA) is 29.3 Å². The van der Waals surface area contributed by atoms with E-state index in [0.717, 1.165) is 0 Å². The van der Waals surface area contributed by atoms with Crippen LogP contribution in [0, 0.1) is 5.92 Å². The van der Waals surface area contributed by atoms with Crippen molar-refractivity contribution in [3.05, 3.63) is 0 Å². The van der Waals surface area contributed by atoms with Gasteiger partial charge in [-0.1, -0.05) is 33.6 Å². The van der Waals surface area contributed by atoms with Gasteiger partial charge in [-0.15, -0.1) is 0 Å². The molecule has 0 aromatic heterocycles. The lowest BCUT2D eigenvalue weighted by molar-refractivity contribution is 0.133. The van der Waals surface area contributed by atoms with Crippen LogP contribution in [0.1, 0.15) is 53.4 Å². The van der Waals surface area contributed by atoms with Crippen LogP contribution in [-0.4, -0.2) is 24.2 Å². The minimum absolute atomic E-state index is 0.219. The lowest BCUT2D eigenvalue weighted by Crippen LogP contribution is -2.48. The number of rotatable bonds is 7. The average molecular weight is 200 g/mol. The highest BCUT2D eigenvalue weighted by Gasteiger charge is 2.19. The van der Waals surface area contributed by atoms with Gasteiger partial charge < -0.3 is 5.73 Å². The Labute approximate surface area is 89.9 Å². The molecule has 0 amide bonds. The largest absolute Gasteiger partial charge is 0.316 e. The number of hydrogen-bond acceptors (Lipinski definition) is 2. The van der Waals surface area contributed by atoms with Crippen LogP contribution in [0.2, 0.25) is 0 Å². The maximum Gasteiger partial charge on any atom is 0.0597 e. The summed E-state index contributed by atoms with van der Waals surface area (Å²) in [5.74, 6) is 0.606. The third-order valence-electron chi connectivity index (χ3n) is 3.35. The fraction of sp³-hybridized carbons (Fsp3) is 1.00. The molecule has 0 aliphatic rings. The zero-order valence-electron chi connectivity index (χ0n) is 10.6. The van der Waals surface area contributed by atoms with Crippen molar-refractivity contribution in [1.82, 2.24) is 4.90 Å². The van der Waals surface area contributed by atoms with E-state index >= 15 is 0 Å². The summed E-state index contributed by atoms with van der Waals surface area (Å²) in [7, 11) is 2.14. The molecule has 2 heteroatoms. The lowest BCUT2D eigenvalue weighted by Gasteiger charge is -2.33. The van der Waals surface area contributed by atoms with Gasteiger partial charge in [0.1, 0.15) is 0 Å². The van der Waals surface area contributed by atoms with E-state index in [2.05, 4.69) is 39.6 Å². The molecule has 0 radical (unpaired) electrons. The molecule has 14 heavy (non-hydrogen) atoms. The summed E-state index contributed by atoms with van der Waals surface area (Å²) in [6.45, 7) is 8.95. The Morgan fingerprint density at radius 3 is 2.21 bits per heavy atom. The highest BCUT2D eigenvalue weighted by atomic mass is 15.2. The second kappa shape index (κ2) is 7.24. The fourth-order valence-corrected chi connectivity index (χ4v) is 1.68. The molecule has 0 spiro atoms. The van der Waals surface area contributed by atoms with E-state index in [1.54, 1.807) is 0 Å². The first-order valence-corrected chi connectivity index (χ1v) is 6.02. The molecule has 0 aromatic rings. The van der Waals surface area contributed by atoms with Crippen molar-refractivity contribution in [2.24, 2.45) is 11.7 Å². The van der Waals surface area contributed by atoms with Crippen molar-refractivity contribution in [1.29, 1.82) is 0 Å². The quantitative estimate of drug-likeness (QED) is 0.640. The van der Waals surface area contributed by atoms with Crippen molar-refractivity contribution in [3.8, 4) is 0 Å². The van der Waals surface area contributed by atoms with Gasteiger partial charge >= 0.3 is 0 Å². The molecule has 0 aromatic carbocycles. The first kappa shape index (κ1) is 13.9. The Balaban J connectivity index is 3.95. The van der Waals surface area contributed by atoms with Gasteiger partial charge in [0.2, 0.25) is 0 Å². The Hall–Kier alpha value is -0.0800. The molecular weight excluding hydrogens is 172 g/mol. The molecule has 0 rings (SSSR count). The second-order valence-electron chi connectivity index (χ2n) is 4.53. The number of nitrogens with two attached hydrogens (primary N) is 1. The molecule has 86 valence electrons. The molecule has 0 saturated carbocycles. The SMILES string of the molecule is CCCCC(C)C(N)N(C)C(C)CC. The maximum absolute atomic E-state index is 6.20. The third-order valence-corrected chi connectivity index (χ3v) is 3.35. The number of hydrogen-bond donors (Lipinski definition) is 1. The van der Waals surface area contributed by atoms with E-state index in [1.807, 2.05) is 0 Å². The van der Waals surface area contributed by atoms with Gasteiger partial charge in [0, 0.05) is 6.04 Å².